The molecule has 0 atom stereocenters. The van der Waals surface area contributed by atoms with Gasteiger partial charge in [-0.2, -0.15) is 0 Å². The van der Waals surface area contributed by atoms with E-state index in [0.717, 1.165) is 0 Å². The molecule has 2 aliphatic rings. The first-order valence-electron chi connectivity index (χ1n) is 8.00. The third-order valence-corrected chi connectivity index (χ3v) is 10.6. The van der Waals surface area contributed by atoms with Gasteiger partial charge in [-0.15, -0.1) is 0 Å². The SMILES string of the molecule is CC1(C)C(C)(C)C2(C)C(C)(C)C(C)(C)C1(C)C2(C)C. The van der Waals surface area contributed by atoms with Gasteiger partial charge >= 0.3 is 0 Å². The lowest BCUT2D eigenvalue weighted by molar-refractivity contribution is -0.193. The van der Waals surface area contributed by atoms with E-state index in [0.29, 0.717) is 37.9 Å². The van der Waals surface area contributed by atoms with Crippen LogP contribution in [0.1, 0.15) is 83.1 Å². The summed E-state index contributed by atoms with van der Waals surface area (Å²) >= 11 is 0. The summed E-state index contributed by atoms with van der Waals surface area (Å²) < 4.78 is 0. The number of hydrogen-bond donors (Lipinski definition) is 0. The van der Waals surface area contributed by atoms with Gasteiger partial charge in [-0.05, 0) is 37.9 Å². The van der Waals surface area contributed by atoms with E-state index in [2.05, 4.69) is 83.1 Å². The molecule has 0 saturated heterocycles. The van der Waals surface area contributed by atoms with Crippen LogP contribution in [-0.4, -0.2) is 0 Å². The van der Waals surface area contributed by atoms with Crippen LogP contribution in [0.15, 0.2) is 0 Å². The zero-order valence-electron chi connectivity index (χ0n) is 15.5. The number of fused-ring (bicyclic) bond motifs is 2. The first-order valence-corrected chi connectivity index (χ1v) is 8.00. The van der Waals surface area contributed by atoms with Gasteiger partial charge in [0.15, 0.2) is 0 Å². The maximum Gasteiger partial charge on any atom is -0.0156 e. The van der Waals surface area contributed by atoms with Crippen LogP contribution in [0.2, 0.25) is 0 Å². The van der Waals surface area contributed by atoms with Gasteiger partial charge in [0.2, 0.25) is 0 Å². The average Bonchev–Trinajstić information content (AvgIpc) is 2.32. The molecule has 0 aromatic carbocycles. The minimum absolute atomic E-state index is 0.328. The molecule has 0 unspecified atom stereocenters. The standard InChI is InChI=1S/C19H36/c1-13(2)14(3,4)19(12)16(7,8)15(5,6)18(13,11)17(19,9)10/h1-12H3. The molecular formula is C19H36. The summed E-state index contributed by atoms with van der Waals surface area (Å²) in [4.78, 5) is 0. The maximum absolute atomic E-state index is 2.58. The van der Waals surface area contributed by atoms with Crippen molar-refractivity contribution in [2.75, 3.05) is 0 Å². The van der Waals surface area contributed by atoms with E-state index in [4.69, 9.17) is 0 Å². The zero-order chi connectivity index (χ0) is 15.5. The highest BCUT2D eigenvalue weighted by Gasteiger charge is 2.88. The third kappa shape index (κ3) is 0.889. The Labute approximate surface area is 121 Å². The normalized spacial score (nSPS) is 47.4. The third-order valence-electron chi connectivity index (χ3n) is 10.6. The summed E-state index contributed by atoms with van der Waals surface area (Å²) in [6.07, 6.45) is 0. The number of hydrogen-bond acceptors (Lipinski definition) is 0. The molecule has 19 heavy (non-hydrogen) atoms. The molecule has 2 aliphatic carbocycles. The second kappa shape index (κ2) is 2.95. The molecule has 0 N–H and O–H groups in total. The van der Waals surface area contributed by atoms with Crippen LogP contribution in [0.4, 0.5) is 0 Å². The average molecular weight is 264 g/mol. The van der Waals surface area contributed by atoms with Gasteiger partial charge in [0.1, 0.15) is 0 Å². The summed E-state index contributed by atoms with van der Waals surface area (Å²) in [7, 11) is 0. The minimum Gasteiger partial charge on any atom is -0.0588 e. The van der Waals surface area contributed by atoms with Crippen molar-refractivity contribution < 1.29 is 0 Å². The van der Waals surface area contributed by atoms with Crippen molar-refractivity contribution in [3.05, 3.63) is 0 Å². The van der Waals surface area contributed by atoms with Crippen molar-refractivity contribution in [3.8, 4) is 0 Å². The molecule has 0 aliphatic heterocycles. The topological polar surface area (TPSA) is 0 Å². The van der Waals surface area contributed by atoms with Crippen molar-refractivity contribution in [1.29, 1.82) is 0 Å². The van der Waals surface area contributed by atoms with E-state index in [-0.39, 0.29) is 0 Å². The first-order chi connectivity index (χ1) is 8.00. The van der Waals surface area contributed by atoms with Gasteiger partial charge in [0.05, 0.1) is 0 Å². The van der Waals surface area contributed by atoms with Crippen LogP contribution in [-0.2, 0) is 0 Å². The summed E-state index contributed by atoms with van der Waals surface area (Å²) in [5.74, 6) is 0. The lowest BCUT2D eigenvalue weighted by atomic mass is 9.37. The quantitative estimate of drug-likeness (QED) is 0.491. The van der Waals surface area contributed by atoms with E-state index in [9.17, 15) is 0 Å². The van der Waals surface area contributed by atoms with Crippen molar-refractivity contribution >= 4 is 0 Å². The largest absolute Gasteiger partial charge is 0.0588 e. The second-order valence-electron chi connectivity index (χ2n) is 10.4. The minimum atomic E-state index is 0.328. The van der Waals surface area contributed by atoms with Crippen molar-refractivity contribution in [2.24, 2.45) is 37.9 Å². The maximum atomic E-state index is 2.58. The monoisotopic (exact) mass is 264 g/mol. The lowest BCUT2D eigenvalue weighted by Crippen LogP contribution is -2.61. The summed E-state index contributed by atoms with van der Waals surface area (Å²) in [5, 5.41) is 0. The molecule has 0 heterocycles. The van der Waals surface area contributed by atoms with Crippen LogP contribution < -0.4 is 0 Å². The Hall–Kier alpha value is 0. The van der Waals surface area contributed by atoms with Gasteiger partial charge in [-0.25, -0.2) is 0 Å². The van der Waals surface area contributed by atoms with E-state index in [1.807, 2.05) is 0 Å². The second-order valence-corrected chi connectivity index (χ2v) is 10.4. The summed E-state index contributed by atoms with van der Waals surface area (Å²) in [5.41, 5.74) is 2.31. The van der Waals surface area contributed by atoms with Gasteiger partial charge in [0.25, 0.3) is 0 Å². The van der Waals surface area contributed by atoms with Gasteiger partial charge in [-0.3, -0.25) is 0 Å². The predicted octanol–water partition coefficient (Wildman–Crippen LogP) is 6.16. The molecule has 0 radical (unpaired) electrons. The highest BCUT2D eigenvalue weighted by Crippen LogP contribution is 2.94. The Balaban J connectivity index is 2.99. The summed E-state index contributed by atoms with van der Waals surface area (Å²) in [6, 6.07) is 0. The molecule has 0 amide bonds. The fourth-order valence-corrected chi connectivity index (χ4v) is 7.69. The van der Waals surface area contributed by atoms with Crippen LogP contribution >= 0.6 is 0 Å². The van der Waals surface area contributed by atoms with E-state index >= 15 is 0 Å². The Morgan fingerprint density at radius 2 is 0.421 bits per heavy atom. The highest BCUT2D eigenvalue weighted by atomic mass is 14.9. The van der Waals surface area contributed by atoms with E-state index in [1.165, 1.54) is 0 Å². The molecule has 112 valence electrons. The van der Waals surface area contributed by atoms with Gasteiger partial charge in [-0.1, -0.05) is 83.1 Å². The molecule has 2 saturated carbocycles. The molecule has 2 bridgehead atoms. The van der Waals surface area contributed by atoms with E-state index < -0.39 is 0 Å². The fraction of sp³-hybridized carbons (Fsp3) is 1.00. The Morgan fingerprint density at radius 1 is 0.263 bits per heavy atom. The molecule has 0 aromatic rings. The van der Waals surface area contributed by atoms with Crippen LogP contribution in [0.25, 0.3) is 0 Å². The number of rotatable bonds is 0. The molecule has 0 nitrogen and oxygen atoms in total. The van der Waals surface area contributed by atoms with Crippen LogP contribution in [0, 0.1) is 37.9 Å². The highest BCUT2D eigenvalue weighted by molar-refractivity contribution is 5.36. The summed E-state index contributed by atoms with van der Waals surface area (Å²) in [6.45, 7) is 30.4. The first kappa shape index (κ1) is 15.4. The van der Waals surface area contributed by atoms with Gasteiger partial charge < -0.3 is 0 Å². The Bertz CT molecular complexity index is 361. The van der Waals surface area contributed by atoms with Gasteiger partial charge in [0, 0.05) is 0 Å². The Morgan fingerprint density at radius 3 is 0.526 bits per heavy atom. The lowest BCUT2D eigenvalue weighted by Gasteiger charge is -2.67. The molecule has 2 rings (SSSR count). The molecule has 2 fully saturated rings. The van der Waals surface area contributed by atoms with E-state index in [1.54, 1.807) is 0 Å². The molecular weight excluding hydrogens is 228 g/mol. The smallest absolute Gasteiger partial charge is 0.0156 e. The van der Waals surface area contributed by atoms with Crippen molar-refractivity contribution in [1.82, 2.24) is 0 Å². The Kier molecular flexibility index (Phi) is 2.39. The molecule has 0 aromatic heterocycles. The van der Waals surface area contributed by atoms with Crippen molar-refractivity contribution in [3.63, 3.8) is 0 Å². The zero-order valence-corrected chi connectivity index (χ0v) is 15.5. The van der Waals surface area contributed by atoms with Crippen LogP contribution in [0.5, 0.6) is 0 Å². The predicted molar refractivity (Wildman–Crippen MR) is 85.1 cm³/mol. The van der Waals surface area contributed by atoms with Crippen LogP contribution in [0.3, 0.4) is 0 Å². The fourth-order valence-electron chi connectivity index (χ4n) is 7.69. The van der Waals surface area contributed by atoms with Crippen molar-refractivity contribution in [2.45, 2.75) is 83.1 Å². The molecule has 0 heteroatoms. The molecule has 0 spiro atoms.